The van der Waals surface area contributed by atoms with Crippen molar-refractivity contribution in [2.45, 2.75) is 83.5 Å². The van der Waals surface area contributed by atoms with Crippen molar-refractivity contribution >= 4 is 0 Å². The molecule has 0 aliphatic heterocycles. The molecular formula is C28H33F2N. The standard InChI is InChI=1S/C28H33F2N/c1-2-3-4-5-6-7-19-10-14-23-22(16-19)13-15-24-25(23)17-26(29)27(28(24)30)21-11-8-20(18-31)9-12-21/h8-9,11-12,17,19,22-23H,2-7,10,13-16H2,1H3/t19-,22+,23+/m1/s1. The van der Waals surface area contributed by atoms with Gasteiger partial charge in [0.2, 0.25) is 0 Å². The molecular weight excluding hydrogens is 388 g/mol. The molecule has 0 bridgehead atoms. The second-order valence-electron chi connectivity index (χ2n) is 9.59. The first kappa shape index (κ1) is 22.0. The molecule has 0 unspecified atom stereocenters. The first-order valence-electron chi connectivity index (χ1n) is 12.1. The number of unbranched alkanes of at least 4 members (excludes halogenated alkanes) is 4. The number of fused-ring (bicyclic) bond motifs is 3. The maximum atomic E-state index is 15.5. The molecule has 2 aliphatic carbocycles. The van der Waals surface area contributed by atoms with E-state index in [1.54, 1.807) is 30.3 Å². The van der Waals surface area contributed by atoms with Crippen LogP contribution in [0, 0.1) is 34.8 Å². The van der Waals surface area contributed by atoms with E-state index in [-0.39, 0.29) is 5.56 Å². The van der Waals surface area contributed by atoms with E-state index in [2.05, 4.69) is 13.0 Å². The topological polar surface area (TPSA) is 23.8 Å². The lowest BCUT2D eigenvalue weighted by Gasteiger charge is -2.41. The van der Waals surface area contributed by atoms with Crippen LogP contribution in [0.2, 0.25) is 0 Å². The second-order valence-corrected chi connectivity index (χ2v) is 9.59. The highest BCUT2D eigenvalue weighted by Gasteiger charge is 2.37. The van der Waals surface area contributed by atoms with Crippen molar-refractivity contribution in [2.75, 3.05) is 0 Å². The Morgan fingerprint density at radius 3 is 2.52 bits per heavy atom. The molecule has 3 atom stereocenters. The molecule has 1 fully saturated rings. The summed E-state index contributed by atoms with van der Waals surface area (Å²) in [6.07, 6.45) is 13.2. The molecule has 0 radical (unpaired) electrons. The van der Waals surface area contributed by atoms with Gasteiger partial charge in [0.15, 0.2) is 0 Å². The zero-order valence-electron chi connectivity index (χ0n) is 18.6. The maximum Gasteiger partial charge on any atom is 0.137 e. The van der Waals surface area contributed by atoms with Gasteiger partial charge in [-0.15, -0.1) is 0 Å². The minimum atomic E-state index is -0.473. The molecule has 4 rings (SSSR count). The summed E-state index contributed by atoms with van der Waals surface area (Å²) in [5.41, 5.74) is 2.70. The third kappa shape index (κ3) is 4.69. The summed E-state index contributed by atoms with van der Waals surface area (Å²) in [5, 5.41) is 8.98. The average Bonchev–Trinajstić information content (AvgIpc) is 2.79. The van der Waals surface area contributed by atoms with E-state index in [0.29, 0.717) is 29.4 Å². The minimum absolute atomic E-state index is 0.0578. The van der Waals surface area contributed by atoms with Crippen LogP contribution in [-0.4, -0.2) is 0 Å². The summed E-state index contributed by atoms with van der Waals surface area (Å²) in [6.45, 7) is 2.25. The molecule has 3 heteroatoms. The lowest BCUT2D eigenvalue weighted by molar-refractivity contribution is 0.197. The van der Waals surface area contributed by atoms with Crippen molar-refractivity contribution in [1.82, 2.24) is 0 Å². The molecule has 2 aliphatic rings. The van der Waals surface area contributed by atoms with E-state index >= 15 is 8.78 Å². The number of benzene rings is 2. The normalized spacial score (nSPS) is 22.5. The molecule has 164 valence electrons. The molecule has 2 aromatic carbocycles. The predicted molar refractivity (Wildman–Crippen MR) is 122 cm³/mol. The van der Waals surface area contributed by atoms with Crippen molar-refractivity contribution in [1.29, 1.82) is 5.26 Å². The van der Waals surface area contributed by atoms with Gasteiger partial charge >= 0.3 is 0 Å². The zero-order valence-corrected chi connectivity index (χ0v) is 18.6. The van der Waals surface area contributed by atoms with E-state index < -0.39 is 11.6 Å². The van der Waals surface area contributed by atoms with Gasteiger partial charge in [-0.2, -0.15) is 5.26 Å². The molecule has 0 amide bonds. The smallest absolute Gasteiger partial charge is 0.137 e. The number of rotatable bonds is 7. The Kier molecular flexibility index (Phi) is 7.06. The molecule has 31 heavy (non-hydrogen) atoms. The third-order valence-corrected chi connectivity index (χ3v) is 7.63. The van der Waals surface area contributed by atoms with Gasteiger partial charge in [0.25, 0.3) is 0 Å². The molecule has 0 saturated heterocycles. The van der Waals surface area contributed by atoms with Crippen LogP contribution in [0.5, 0.6) is 0 Å². The quantitative estimate of drug-likeness (QED) is 0.412. The summed E-state index contributed by atoms with van der Waals surface area (Å²) in [6, 6.07) is 10.2. The number of hydrogen-bond acceptors (Lipinski definition) is 1. The molecule has 1 nitrogen and oxygen atoms in total. The molecule has 0 heterocycles. The lowest BCUT2D eigenvalue weighted by Crippen LogP contribution is -2.29. The fourth-order valence-corrected chi connectivity index (χ4v) is 5.96. The van der Waals surface area contributed by atoms with Gasteiger partial charge in [-0.3, -0.25) is 0 Å². The largest absolute Gasteiger partial charge is 0.206 e. The van der Waals surface area contributed by atoms with Gasteiger partial charge in [0, 0.05) is 0 Å². The molecule has 0 N–H and O–H groups in total. The van der Waals surface area contributed by atoms with Crippen LogP contribution in [-0.2, 0) is 6.42 Å². The van der Waals surface area contributed by atoms with Gasteiger partial charge in [0.1, 0.15) is 11.6 Å². The van der Waals surface area contributed by atoms with Crippen molar-refractivity contribution in [2.24, 2.45) is 11.8 Å². The third-order valence-electron chi connectivity index (χ3n) is 7.63. The summed E-state index contributed by atoms with van der Waals surface area (Å²) in [5.74, 6) is 0.800. The van der Waals surface area contributed by atoms with E-state index in [9.17, 15) is 0 Å². The van der Waals surface area contributed by atoms with Crippen LogP contribution in [0.15, 0.2) is 30.3 Å². The highest BCUT2D eigenvalue weighted by atomic mass is 19.1. The van der Waals surface area contributed by atoms with Crippen molar-refractivity contribution in [3.63, 3.8) is 0 Å². The summed E-state index contributed by atoms with van der Waals surface area (Å²) >= 11 is 0. The van der Waals surface area contributed by atoms with E-state index in [1.165, 1.54) is 51.4 Å². The first-order valence-corrected chi connectivity index (χ1v) is 12.1. The SMILES string of the molecule is CCCCCCC[C@@H]1CC[C@@H]2c3cc(F)c(-c4ccc(C#N)cc4)c(F)c3CC[C@H]2C1. The fourth-order valence-electron chi connectivity index (χ4n) is 5.96. The van der Waals surface area contributed by atoms with Crippen LogP contribution < -0.4 is 0 Å². The Hall–Kier alpha value is -2.21. The molecule has 0 aromatic heterocycles. The molecule has 2 aromatic rings. The summed E-state index contributed by atoms with van der Waals surface area (Å²) < 4.78 is 30.6. The Balaban J connectivity index is 1.49. The lowest BCUT2D eigenvalue weighted by atomic mass is 9.64. The van der Waals surface area contributed by atoms with Crippen LogP contribution in [0.3, 0.4) is 0 Å². The van der Waals surface area contributed by atoms with Crippen molar-refractivity contribution in [3.8, 4) is 17.2 Å². The van der Waals surface area contributed by atoms with Crippen LogP contribution >= 0.6 is 0 Å². The summed E-state index contributed by atoms with van der Waals surface area (Å²) in [7, 11) is 0. The monoisotopic (exact) mass is 421 g/mol. The van der Waals surface area contributed by atoms with Crippen LogP contribution in [0.25, 0.3) is 11.1 Å². The van der Waals surface area contributed by atoms with Crippen molar-refractivity contribution in [3.05, 3.63) is 58.7 Å². The second kappa shape index (κ2) is 9.94. The van der Waals surface area contributed by atoms with Gasteiger partial charge in [-0.25, -0.2) is 8.78 Å². The summed E-state index contributed by atoms with van der Waals surface area (Å²) in [4.78, 5) is 0. The van der Waals surface area contributed by atoms with Gasteiger partial charge in [-0.05, 0) is 84.7 Å². The van der Waals surface area contributed by atoms with Crippen molar-refractivity contribution < 1.29 is 8.78 Å². The molecule has 0 spiro atoms. The van der Waals surface area contributed by atoms with Crippen LogP contribution in [0.4, 0.5) is 8.78 Å². The highest BCUT2D eigenvalue weighted by molar-refractivity contribution is 5.68. The van der Waals surface area contributed by atoms with E-state index in [1.807, 2.05) is 0 Å². The van der Waals surface area contributed by atoms with E-state index in [4.69, 9.17) is 5.26 Å². The Labute approximate surface area is 185 Å². The Bertz CT molecular complexity index is 941. The Morgan fingerprint density at radius 1 is 1.00 bits per heavy atom. The van der Waals surface area contributed by atoms with Gasteiger partial charge < -0.3 is 0 Å². The number of nitrogens with zero attached hydrogens (tertiary/aromatic N) is 1. The number of nitriles is 1. The van der Waals surface area contributed by atoms with Gasteiger partial charge in [0.05, 0.1) is 17.2 Å². The highest BCUT2D eigenvalue weighted by Crippen LogP contribution is 2.49. The zero-order chi connectivity index (χ0) is 21.8. The minimum Gasteiger partial charge on any atom is -0.206 e. The number of hydrogen-bond donors (Lipinski definition) is 0. The molecule has 1 saturated carbocycles. The van der Waals surface area contributed by atoms with E-state index in [0.717, 1.165) is 29.9 Å². The number of halogens is 2. The first-order chi connectivity index (χ1) is 15.1. The maximum absolute atomic E-state index is 15.5. The Morgan fingerprint density at radius 2 is 1.77 bits per heavy atom. The predicted octanol–water partition coefficient (Wildman–Crippen LogP) is 8.31. The van der Waals surface area contributed by atoms with Crippen LogP contribution in [0.1, 0.15) is 93.7 Å². The average molecular weight is 422 g/mol. The fraction of sp³-hybridized carbons (Fsp3) is 0.536. The van der Waals surface area contributed by atoms with Gasteiger partial charge in [-0.1, -0.05) is 57.6 Å².